The summed E-state index contributed by atoms with van der Waals surface area (Å²) in [6.45, 7) is 3.66. The number of aliphatic carboxylic acids is 1. The van der Waals surface area contributed by atoms with Gasteiger partial charge in [-0.25, -0.2) is 0 Å². The van der Waals surface area contributed by atoms with E-state index in [1.807, 2.05) is 24.3 Å². The van der Waals surface area contributed by atoms with E-state index in [9.17, 15) is 9.59 Å². The second-order valence-electron chi connectivity index (χ2n) is 6.42. The maximum atomic E-state index is 11.4. The van der Waals surface area contributed by atoms with Crippen molar-refractivity contribution in [1.29, 1.82) is 0 Å². The highest BCUT2D eigenvalue weighted by Crippen LogP contribution is 2.08. The summed E-state index contributed by atoms with van der Waals surface area (Å²) in [5.74, 6) is -1.48. The van der Waals surface area contributed by atoms with E-state index in [1.54, 1.807) is 18.2 Å². The van der Waals surface area contributed by atoms with Crippen LogP contribution in [-0.2, 0) is 9.59 Å². The average Bonchev–Trinajstić information content (AvgIpc) is 2.64. The lowest BCUT2D eigenvalue weighted by molar-refractivity contribution is -0.140. The van der Waals surface area contributed by atoms with E-state index in [-0.39, 0.29) is 0 Å². The van der Waals surface area contributed by atoms with Crippen LogP contribution in [0, 0.1) is 0 Å². The molecule has 0 aromatic heterocycles. The molecule has 0 bridgehead atoms. The fourth-order valence-electron chi connectivity index (χ4n) is 2.25. The number of carboxylic acid groups (broad SMARTS) is 1. The maximum Gasteiger partial charge on any atom is 0.325 e. The minimum Gasteiger partial charge on any atom is -0.480 e. The van der Waals surface area contributed by atoms with Gasteiger partial charge in [0.15, 0.2) is 0 Å². The van der Waals surface area contributed by atoms with Crippen LogP contribution in [-0.4, -0.2) is 23.0 Å². The number of allylic oxidation sites excluding steroid dienone is 9. The third-order valence-corrected chi connectivity index (χ3v) is 3.86. The maximum absolute atomic E-state index is 11.4. The Balaban J connectivity index is 3.74. The average molecular weight is 374 g/mol. The fraction of sp³-hybridized carbons (Fsp3) is 0.478. The monoisotopic (exact) mass is 373 g/mol. The van der Waals surface area contributed by atoms with Crippen molar-refractivity contribution >= 4 is 11.9 Å². The van der Waals surface area contributed by atoms with Crippen LogP contribution >= 0.6 is 0 Å². The summed E-state index contributed by atoms with van der Waals surface area (Å²) in [6.07, 6.45) is 28.9. The molecular formula is C23H35NO3. The molecule has 1 atom stereocenters. The number of nitrogens with one attached hydrogen (secondary N) is 1. The third kappa shape index (κ3) is 18.2. The zero-order valence-electron chi connectivity index (χ0n) is 16.8. The number of carbonyl (C=O) groups excluding carboxylic acids is 1. The minimum absolute atomic E-state index is 0.426. The molecule has 0 heterocycles. The molecule has 0 aromatic carbocycles. The third-order valence-electron chi connectivity index (χ3n) is 3.86. The molecule has 0 saturated heterocycles. The zero-order valence-corrected chi connectivity index (χ0v) is 16.8. The van der Waals surface area contributed by atoms with Gasteiger partial charge in [-0.3, -0.25) is 9.59 Å². The Labute approximate surface area is 164 Å². The lowest BCUT2D eigenvalue weighted by Gasteiger charge is -2.05. The Morgan fingerprint density at radius 1 is 0.815 bits per heavy atom. The van der Waals surface area contributed by atoms with E-state index in [0.29, 0.717) is 0 Å². The van der Waals surface area contributed by atoms with Gasteiger partial charge in [-0.2, -0.15) is 0 Å². The van der Waals surface area contributed by atoms with Gasteiger partial charge in [-0.1, -0.05) is 100 Å². The minimum atomic E-state index is -1.06. The van der Waals surface area contributed by atoms with Gasteiger partial charge in [0.25, 0.3) is 0 Å². The number of carbonyl (C=O) groups is 2. The van der Waals surface area contributed by atoms with Crippen molar-refractivity contribution in [2.75, 3.05) is 0 Å². The molecule has 4 nitrogen and oxygen atoms in total. The summed E-state index contributed by atoms with van der Waals surface area (Å²) in [6, 6.07) is -0.894. The van der Waals surface area contributed by atoms with Crippen LogP contribution in [0.5, 0.6) is 0 Å². The molecule has 0 unspecified atom stereocenters. The second-order valence-corrected chi connectivity index (χ2v) is 6.42. The molecule has 0 rings (SSSR count). The first kappa shape index (κ1) is 24.6. The lowest BCUT2D eigenvalue weighted by atomic mass is 10.1. The van der Waals surface area contributed by atoms with Crippen molar-refractivity contribution in [3.63, 3.8) is 0 Å². The highest BCUT2D eigenvalue weighted by Gasteiger charge is 2.11. The van der Waals surface area contributed by atoms with Crippen LogP contribution in [0.2, 0.25) is 0 Å². The first-order valence-electron chi connectivity index (χ1n) is 9.94. The molecule has 0 spiro atoms. The van der Waals surface area contributed by atoms with Gasteiger partial charge >= 0.3 is 5.97 Å². The van der Waals surface area contributed by atoms with Gasteiger partial charge in [0, 0.05) is 6.08 Å². The first-order valence-corrected chi connectivity index (χ1v) is 9.94. The highest BCUT2D eigenvalue weighted by atomic mass is 16.4. The fourth-order valence-corrected chi connectivity index (χ4v) is 2.25. The predicted molar refractivity (Wildman–Crippen MR) is 114 cm³/mol. The van der Waals surface area contributed by atoms with E-state index in [2.05, 4.69) is 24.4 Å². The SMILES string of the molecule is CCCCCCCCCC=CC=CC=CC=CC=CC(=O)N[C@@H](C)C(=O)O. The van der Waals surface area contributed by atoms with Crippen LogP contribution in [0.1, 0.15) is 65.2 Å². The molecule has 0 radical (unpaired) electrons. The van der Waals surface area contributed by atoms with Gasteiger partial charge in [-0.05, 0) is 19.8 Å². The quantitative estimate of drug-likeness (QED) is 0.226. The van der Waals surface area contributed by atoms with Gasteiger partial charge in [0.05, 0.1) is 0 Å². The predicted octanol–water partition coefficient (Wildman–Crippen LogP) is 5.50. The van der Waals surface area contributed by atoms with Crippen molar-refractivity contribution in [3.8, 4) is 0 Å². The van der Waals surface area contributed by atoms with E-state index >= 15 is 0 Å². The molecule has 0 aliphatic carbocycles. The molecule has 0 aliphatic heterocycles. The Morgan fingerprint density at radius 2 is 1.33 bits per heavy atom. The van der Waals surface area contributed by atoms with Crippen LogP contribution in [0.4, 0.5) is 0 Å². The first-order chi connectivity index (χ1) is 13.1. The number of amides is 1. The summed E-state index contributed by atoms with van der Waals surface area (Å²) in [7, 11) is 0. The topological polar surface area (TPSA) is 66.4 Å². The smallest absolute Gasteiger partial charge is 0.325 e. The highest BCUT2D eigenvalue weighted by molar-refractivity contribution is 5.91. The zero-order chi connectivity index (χ0) is 20.2. The number of carboxylic acids is 1. The van der Waals surface area contributed by atoms with Crippen LogP contribution in [0.15, 0.2) is 60.8 Å². The van der Waals surface area contributed by atoms with E-state index in [0.717, 1.165) is 6.42 Å². The molecule has 0 aromatic rings. The van der Waals surface area contributed by atoms with Crippen LogP contribution < -0.4 is 5.32 Å². The summed E-state index contributed by atoms with van der Waals surface area (Å²) < 4.78 is 0. The van der Waals surface area contributed by atoms with Crippen LogP contribution in [0.25, 0.3) is 0 Å². The van der Waals surface area contributed by atoms with Crippen molar-refractivity contribution in [2.45, 2.75) is 71.3 Å². The molecule has 2 N–H and O–H groups in total. The van der Waals surface area contributed by atoms with Gasteiger partial charge in [-0.15, -0.1) is 0 Å². The molecule has 4 heteroatoms. The summed E-state index contributed by atoms with van der Waals surface area (Å²) in [4.78, 5) is 22.0. The Bertz CT molecular complexity index is 542. The lowest BCUT2D eigenvalue weighted by Crippen LogP contribution is -2.37. The Kier molecular flexibility index (Phi) is 16.8. The van der Waals surface area contributed by atoms with Crippen molar-refractivity contribution in [2.24, 2.45) is 0 Å². The van der Waals surface area contributed by atoms with Gasteiger partial charge in [0.2, 0.25) is 5.91 Å². The van der Waals surface area contributed by atoms with E-state index in [4.69, 9.17) is 5.11 Å². The normalized spacial score (nSPS) is 13.6. The van der Waals surface area contributed by atoms with Crippen LogP contribution in [0.3, 0.4) is 0 Å². The summed E-state index contributed by atoms with van der Waals surface area (Å²) >= 11 is 0. The van der Waals surface area contributed by atoms with Gasteiger partial charge < -0.3 is 10.4 Å². The summed E-state index contributed by atoms with van der Waals surface area (Å²) in [5, 5.41) is 11.0. The van der Waals surface area contributed by atoms with Gasteiger partial charge in [0.1, 0.15) is 6.04 Å². The van der Waals surface area contributed by atoms with Crippen molar-refractivity contribution in [3.05, 3.63) is 60.8 Å². The molecule has 27 heavy (non-hydrogen) atoms. The second kappa shape index (κ2) is 18.4. The molecule has 0 fully saturated rings. The van der Waals surface area contributed by atoms with E-state index < -0.39 is 17.9 Å². The molecule has 150 valence electrons. The standard InChI is InChI=1S/C23H35NO3/c1-3-4-5-6-7-8-9-10-11-12-13-14-15-16-17-18-19-20-22(25)24-21(2)23(26)27/h11-21H,3-10H2,1-2H3,(H,24,25)(H,26,27)/t21-/m0/s1. The number of rotatable bonds is 15. The molecular weight excluding hydrogens is 338 g/mol. The largest absolute Gasteiger partial charge is 0.480 e. The number of hydrogen-bond acceptors (Lipinski definition) is 2. The number of hydrogen-bond donors (Lipinski definition) is 2. The Morgan fingerprint density at radius 3 is 1.93 bits per heavy atom. The van der Waals surface area contributed by atoms with Crippen molar-refractivity contribution in [1.82, 2.24) is 5.32 Å². The molecule has 0 aliphatic rings. The molecule has 0 saturated carbocycles. The van der Waals surface area contributed by atoms with E-state index in [1.165, 1.54) is 57.9 Å². The summed E-state index contributed by atoms with van der Waals surface area (Å²) in [5.41, 5.74) is 0. The van der Waals surface area contributed by atoms with Crippen molar-refractivity contribution < 1.29 is 14.7 Å². The number of unbranched alkanes of at least 4 members (excludes halogenated alkanes) is 7. The molecule has 1 amide bonds. The Hall–Kier alpha value is -2.36.